The van der Waals surface area contributed by atoms with Crippen LogP contribution in [0.5, 0.6) is 11.5 Å². The number of amides is 1. The van der Waals surface area contributed by atoms with Crippen molar-refractivity contribution in [3.05, 3.63) is 59.2 Å². The van der Waals surface area contributed by atoms with E-state index >= 15 is 0 Å². The van der Waals surface area contributed by atoms with Gasteiger partial charge in [-0.2, -0.15) is 0 Å². The van der Waals surface area contributed by atoms with Crippen molar-refractivity contribution < 1.29 is 23.8 Å². The molecule has 0 spiro atoms. The zero-order chi connectivity index (χ0) is 20.5. The van der Waals surface area contributed by atoms with Crippen LogP contribution in [0.1, 0.15) is 23.6 Å². The molecule has 6 heteroatoms. The number of aryl methyl sites for hydroxylation is 1. The van der Waals surface area contributed by atoms with E-state index in [9.17, 15) is 9.59 Å². The van der Waals surface area contributed by atoms with Crippen LogP contribution in [0.25, 0.3) is 0 Å². The second-order valence-corrected chi connectivity index (χ2v) is 6.51. The van der Waals surface area contributed by atoms with Gasteiger partial charge in [0.2, 0.25) is 0 Å². The van der Waals surface area contributed by atoms with Gasteiger partial charge in [0.1, 0.15) is 11.5 Å². The van der Waals surface area contributed by atoms with Gasteiger partial charge in [-0.05, 0) is 62.1 Å². The number of benzene rings is 2. The number of rotatable bonds is 9. The molecule has 0 saturated carbocycles. The van der Waals surface area contributed by atoms with Crippen molar-refractivity contribution in [3.63, 3.8) is 0 Å². The fourth-order valence-electron chi connectivity index (χ4n) is 2.57. The third kappa shape index (κ3) is 6.30. The van der Waals surface area contributed by atoms with Gasteiger partial charge >= 0.3 is 5.97 Å². The van der Waals surface area contributed by atoms with E-state index in [2.05, 4.69) is 5.32 Å². The molecule has 0 fully saturated rings. The Labute approximate surface area is 165 Å². The first-order valence-corrected chi connectivity index (χ1v) is 9.20. The zero-order valence-electron chi connectivity index (χ0n) is 16.8. The smallest absolute Gasteiger partial charge is 0.344 e. The average Bonchev–Trinajstić information content (AvgIpc) is 2.69. The van der Waals surface area contributed by atoms with Gasteiger partial charge in [0.25, 0.3) is 5.91 Å². The number of ether oxygens (including phenoxy) is 3. The minimum Gasteiger partial charge on any atom is -0.497 e. The van der Waals surface area contributed by atoms with Crippen LogP contribution in [0.15, 0.2) is 42.5 Å². The summed E-state index contributed by atoms with van der Waals surface area (Å²) in [5.41, 5.74) is 3.13. The van der Waals surface area contributed by atoms with E-state index < -0.39 is 12.1 Å². The highest BCUT2D eigenvalue weighted by molar-refractivity contribution is 5.83. The largest absolute Gasteiger partial charge is 0.497 e. The zero-order valence-corrected chi connectivity index (χ0v) is 16.8. The van der Waals surface area contributed by atoms with Crippen LogP contribution in [-0.2, 0) is 20.7 Å². The molecule has 0 radical (unpaired) electrons. The van der Waals surface area contributed by atoms with Crippen LogP contribution < -0.4 is 14.8 Å². The molecule has 0 unspecified atom stereocenters. The molecule has 0 aliphatic heterocycles. The maximum Gasteiger partial charge on any atom is 0.344 e. The van der Waals surface area contributed by atoms with Crippen molar-refractivity contribution in [1.82, 2.24) is 5.32 Å². The normalized spacial score (nSPS) is 11.4. The lowest BCUT2D eigenvalue weighted by Crippen LogP contribution is -2.37. The molecule has 0 saturated heterocycles. The van der Waals surface area contributed by atoms with E-state index in [1.165, 1.54) is 0 Å². The Bertz CT molecular complexity index is 801. The average molecular weight is 385 g/mol. The second kappa shape index (κ2) is 10.3. The van der Waals surface area contributed by atoms with Crippen molar-refractivity contribution in [2.24, 2.45) is 0 Å². The Morgan fingerprint density at radius 1 is 1.07 bits per heavy atom. The molecule has 1 N–H and O–H groups in total. The lowest BCUT2D eigenvalue weighted by Gasteiger charge is -2.15. The summed E-state index contributed by atoms with van der Waals surface area (Å²) in [7, 11) is 1.62. The second-order valence-electron chi connectivity index (χ2n) is 6.51. The monoisotopic (exact) mass is 385 g/mol. The molecule has 1 atom stereocenters. The molecule has 2 aromatic rings. The summed E-state index contributed by atoms with van der Waals surface area (Å²) in [6, 6.07) is 13.3. The first kappa shape index (κ1) is 21.3. The third-order valence-corrected chi connectivity index (χ3v) is 4.45. The van der Waals surface area contributed by atoms with Gasteiger partial charge in [0.15, 0.2) is 12.7 Å². The maximum absolute atomic E-state index is 12.1. The number of hydrogen-bond donors (Lipinski definition) is 1. The summed E-state index contributed by atoms with van der Waals surface area (Å²) in [6.07, 6.45) is -0.211. The first-order chi connectivity index (χ1) is 13.4. The van der Waals surface area contributed by atoms with E-state index in [-0.39, 0.29) is 12.5 Å². The summed E-state index contributed by atoms with van der Waals surface area (Å²) in [4.78, 5) is 24.0. The minimum absolute atomic E-state index is 0.242. The van der Waals surface area contributed by atoms with Gasteiger partial charge in [-0.3, -0.25) is 4.79 Å². The highest BCUT2D eigenvalue weighted by Gasteiger charge is 2.18. The van der Waals surface area contributed by atoms with Crippen molar-refractivity contribution in [1.29, 1.82) is 0 Å². The number of methoxy groups -OCH3 is 1. The van der Waals surface area contributed by atoms with Gasteiger partial charge in [0, 0.05) is 6.54 Å². The molecule has 0 aromatic heterocycles. The number of carbonyl (C=O) groups excluding carboxylic acids is 2. The molecule has 0 aliphatic carbocycles. The van der Waals surface area contributed by atoms with Crippen LogP contribution in [-0.4, -0.2) is 38.2 Å². The molecule has 0 bridgehead atoms. The van der Waals surface area contributed by atoms with Crippen LogP contribution in [0, 0.1) is 13.8 Å². The van der Waals surface area contributed by atoms with E-state index in [0.717, 1.165) is 22.4 Å². The summed E-state index contributed by atoms with van der Waals surface area (Å²) in [6.45, 7) is 5.64. The Kier molecular flexibility index (Phi) is 7.87. The highest BCUT2D eigenvalue weighted by atomic mass is 16.6. The molecule has 150 valence electrons. The molecule has 28 heavy (non-hydrogen) atoms. The molecular formula is C22H27NO5. The third-order valence-electron chi connectivity index (χ3n) is 4.45. The summed E-state index contributed by atoms with van der Waals surface area (Å²) >= 11 is 0. The SMILES string of the molecule is COc1ccc(CCNC(=O)[C@H](C)OC(=O)COc2cccc(C)c2C)cc1. The summed E-state index contributed by atoms with van der Waals surface area (Å²) in [5.74, 6) is 0.497. The minimum atomic E-state index is -0.884. The quantitative estimate of drug-likeness (QED) is 0.672. The molecule has 2 rings (SSSR count). The van der Waals surface area contributed by atoms with Gasteiger partial charge in [-0.1, -0.05) is 24.3 Å². The molecule has 6 nitrogen and oxygen atoms in total. The van der Waals surface area contributed by atoms with Crippen LogP contribution in [0.4, 0.5) is 0 Å². The van der Waals surface area contributed by atoms with E-state index in [4.69, 9.17) is 14.2 Å². The topological polar surface area (TPSA) is 73.9 Å². The predicted molar refractivity (Wildman–Crippen MR) is 107 cm³/mol. The van der Waals surface area contributed by atoms with Gasteiger partial charge < -0.3 is 19.5 Å². The number of nitrogens with one attached hydrogen (secondary N) is 1. The van der Waals surface area contributed by atoms with E-state index in [1.54, 1.807) is 20.1 Å². The lowest BCUT2D eigenvalue weighted by molar-refractivity contribution is -0.156. The van der Waals surface area contributed by atoms with Crippen molar-refractivity contribution in [3.8, 4) is 11.5 Å². The van der Waals surface area contributed by atoms with E-state index in [1.807, 2.05) is 50.2 Å². The molecule has 0 heterocycles. The Morgan fingerprint density at radius 3 is 2.46 bits per heavy atom. The van der Waals surface area contributed by atoms with Crippen LogP contribution in [0.2, 0.25) is 0 Å². The Balaban J connectivity index is 1.71. The lowest BCUT2D eigenvalue weighted by atomic mass is 10.1. The van der Waals surface area contributed by atoms with Gasteiger partial charge in [-0.15, -0.1) is 0 Å². The fourth-order valence-corrected chi connectivity index (χ4v) is 2.57. The Hall–Kier alpha value is -3.02. The highest BCUT2D eigenvalue weighted by Crippen LogP contribution is 2.20. The molecule has 2 aromatic carbocycles. The van der Waals surface area contributed by atoms with Gasteiger partial charge in [-0.25, -0.2) is 4.79 Å². The number of carbonyl (C=O) groups is 2. The first-order valence-electron chi connectivity index (χ1n) is 9.20. The maximum atomic E-state index is 12.1. The van der Waals surface area contributed by atoms with Gasteiger partial charge in [0.05, 0.1) is 7.11 Å². The van der Waals surface area contributed by atoms with Crippen LogP contribution in [0.3, 0.4) is 0 Å². The Morgan fingerprint density at radius 2 is 1.79 bits per heavy atom. The van der Waals surface area contributed by atoms with Crippen molar-refractivity contribution in [2.75, 3.05) is 20.3 Å². The molecule has 1 amide bonds. The standard InChI is InChI=1S/C22H27NO5/c1-15-6-5-7-20(16(15)2)27-14-21(24)28-17(3)22(25)23-13-12-18-8-10-19(26-4)11-9-18/h5-11,17H,12-14H2,1-4H3,(H,23,25)/t17-/m0/s1. The number of esters is 1. The molecular weight excluding hydrogens is 358 g/mol. The number of hydrogen-bond acceptors (Lipinski definition) is 5. The summed E-state index contributed by atoms with van der Waals surface area (Å²) in [5, 5.41) is 2.77. The van der Waals surface area contributed by atoms with Crippen molar-refractivity contribution >= 4 is 11.9 Å². The molecule has 0 aliphatic rings. The van der Waals surface area contributed by atoms with E-state index in [0.29, 0.717) is 18.7 Å². The summed E-state index contributed by atoms with van der Waals surface area (Å²) < 4.78 is 15.8. The predicted octanol–water partition coefficient (Wildman–Crippen LogP) is 2.98. The fraction of sp³-hybridized carbons (Fsp3) is 0.364. The van der Waals surface area contributed by atoms with Crippen molar-refractivity contribution in [2.45, 2.75) is 33.3 Å². The van der Waals surface area contributed by atoms with Crippen LogP contribution >= 0.6 is 0 Å².